The normalized spacial score (nSPS) is 15.2. The van der Waals surface area contributed by atoms with Gasteiger partial charge in [-0.3, -0.25) is 9.05 Å². The maximum absolute atomic E-state index is 11.4. The summed E-state index contributed by atoms with van der Waals surface area (Å²) in [6.07, 6.45) is -0.0564. The number of ether oxygens (including phenoxy) is 4. The van der Waals surface area contributed by atoms with Crippen molar-refractivity contribution in [3.05, 3.63) is 0 Å². The maximum atomic E-state index is 11.4. The van der Waals surface area contributed by atoms with Crippen molar-refractivity contribution in [2.75, 3.05) is 79.7 Å². The Labute approximate surface area is 172 Å². The molecule has 0 spiro atoms. The molecule has 0 aliphatic heterocycles. The van der Waals surface area contributed by atoms with E-state index in [1.807, 2.05) is 7.05 Å². The summed E-state index contributed by atoms with van der Waals surface area (Å²) in [6.45, 7) is 4.86. The molecule has 0 rings (SSSR count). The molecule has 0 aliphatic rings. The van der Waals surface area contributed by atoms with E-state index >= 15 is 0 Å². The molecule has 0 aromatic rings. The molecule has 0 aliphatic carbocycles. The minimum Gasteiger partial charge on any atom is -0.379 e. The fourth-order valence-corrected chi connectivity index (χ4v) is 2.97. The van der Waals surface area contributed by atoms with Crippen molar-refractivity contribution in [3.8, 4) is 0 Å². The molecule has 3 unspecified atom stereocenters. The second kappa shape index (κ2) is 19.9. The lowest BCUT2D eigenvalue weighted by atomic mass is 10.4. The summed E-state index contributed by atoms with van der Waals surface area (Å²) in [7, 11) is -5.25. The van der Waals surface area contributed by atoms with Crippen LogP contribution in [-0.4, -0.2) is 95.6 Å². The third-order valence-electron chi connectivity index (χ3n) is 3.09. The second-order valence-electron chi connectivity index (χ2n) is 5.52. The average molecular weight is 466 g/mol. The number of hydrogen-bond acceptors (Lipinski definition) is 10. The molecule has 0 saturated carbocycles. The number of rotatable bonds is 22. The molecule has 12 nitrogen and oxygen atoms in total. The largest absolute Gasteiger partial charge is 0.695 e. The summed E-state index contributed by atoms with van der Waals surface area (Å²) in [5, 5.41) is 3.04. The first-order valence-electron chi connectivity index (χ1n) is 9.31. The van der Waals surface area contributed by atoms with Gasteiger partial charge in [-0.05, 0) is 26.9 Å². The van der Waals surface area contributed by atoms with Crippen LogP contribution in [0.3, 0.4) is 0 Å². The van der Waals surface area contributed by atoms with Gasteiger partial charge in [0.2, 0.25) is 0 Å². The molecule has 3 N–H and O–H groups in total. The SMILES string of the molecule is CCOP(=O)(O)OCC(COCCOCCOCCOCCCNC)O[P+](=O)O. The molecule has 0 amide bonds. The summed E-state index contributed by atoms with van der Waals surface area (Å²) in [5.41, 5.74) is 0. The highest BCUT2D eigenvalue weighted by Gasteiger charge is 2.28. The van der Waals surface area contributed by atoms with Gasteiger partial charge in [0.15, 0.2) is 6.10 Å². The van der Waals surface area contributed by atoms with Crippen molar-refractivity contribution in [2.45, 2.75) is 19.4 Å². The lowest BCUT2D eigenvalue weighted by Gasteiger charge is -2.14. The third-order valence-corrected chi connectivity index (χ3v) is 4.63. The summed E-state index contributed by atoms with van der Waals surface area (Å²) in [5.74, 6) is 0. The van der Waals surface area contributed by atoms with Crippen LogP contribution in [0.5, 0.6) is 0 Å². The maximum Gasteiger partial charge on any atom is 0.695 e. The molecule has 29 heavy (non-hydrogen) atoms. The van der Waals surface area contributed by atoms with Crippen LogP contribution in [0.2, 0.25) is 0 Å². The summed E-state index contributed by atoms with van der Waals surface area (Å²) in [6, 6.07) is 0. The minimum absolute atomic E-state index is 0.0190. The van der Waals surface area contributed by atoms with Crippen molar-refractivity contribution < 1.29 is 51.4 Å². The highest BCUT2D eigenvalue weighted by molar-refractivity contribution is 7.47. The van der Waals surface area contributed by atoms with E-state index in [1.54, 1.807) is 0 Å². The quantitative estimate of drug-likeness (QED) is 0.153. The Morgan fingerprint density at radius 1 is 0.931 bits per heavy atom. The van der Waals surface area contributed by atoms with Gasteiger partial charge in [0.1, 0.15) is 0 Å². The van der Waals surface area contributed by atoms with Crippen LogP contribution in [0.4, 0.5) is 0 Å². The monoisotopic (exact) mass is 466 g/mol. The molecule has 0 saturated heterocycles. The molecule has 0 fully saturated rings. The molecule has 3 atom stereocenters. The zero-order valence-electron chi connectivity index (χ0n) is 17.0. The Morgan fingerprint density at radius 2 is 1.48 bits per heavy atom. The van der Waals surface area contributed by atoms with Crippen molar-refractivity contribution in [1.82, 2.24) is 5.32 Å². The lowest BCUT2D eigenvalue weighted by Crippen LogP contribution is -2.24. The highest BCUT2D eigenvalue weighted by Crippen LogP contribution is 2.43. The van der Waals surface area contributed by atoms with E-state index in [-0.39, 0.29) is 26.4 Å². The van der Waals surface area contributed by atoms with Crippen molar-refractivity contribution in [3.63, 3.8) is 0 Å². The molecule has 14 heteroatoms. The van der Waals surface area contributed by atoms with Crippen LogP contribution in [0.15, 0.2) is 0 Å². The summed E-state index contributed by atoms with van der Waals surface area (Å²) in [4.78, 5) is 18.2. The van der Waals surface area contributed by atoms with Crippen molar-refractivity contribution in [1.29, 1.82) is 0 Å². The number of phosphoric acid groups is 1. The molecule has 0 heterocycles. The predicted molar refractivity (Wildman–Crippen MR) is 104 cm³/mol. The zero-order valence-corrected chi connectivity index (χ0v) is 18.8. The van der Waals surface area contributed by atoms with Gasteiger partial charge in [-0.15, -0.1) is 9.42 Å². The van der Waals surface area contributed by atoms with Gasteiger partial charge in [0.25, 0.3) is 0 Å². The van der Waals surface area contributed by atoms with E-state index in [0.717, 1.165) is 13.0 Å². The Morgan fingerprint density at radius 3 is 2.00 bits per heavy atom. The van der Waals surface area contributed by atoms with Crippen LogP contribution in [-0.2, 0) is 41.6 Å². The summed E-state index contributed by atoms with van der Waals surface area (Å²) < 4.78 is 57.5. The van der Waals surface area contributed by atoms with E-state index in [9.17, 15) is 14.0 Å². The van der Waals surface area contributed by atoms with E-state index in [0.29, 0.717) is 33.0 Å². The molecule has 0 aromatic heterocycles. The van der Waals surface area contributed by atoms with Crippen LogP contribution >= 0.6 is 16.1 Å². The smallest absolute Gasteiger partial charge is 0.379 e. The molecule has 0 bridgehead atoms. The van der Waals surface area contributed by atoms with Gasteiger partial charge < -0.3 is 29.2 Å². The Kier molecular flexibility index (Phi) is 19.8. The summed E-state index contributed by atoms with van der Waals surface area (Å²) >= 11 is 0. The van der Waals surface area contributed by atoms with Gasteiger partial charge in [-0.1, -0.05) is 0 Å². The fourth-order valence-electron chi connectivity index (χ4n) is 1.84. The number of hydrogen-bond donors (Lipinski definition) is 3. The predicted octanol–water partition coefficient (Wildman–Crippen LogP) is 0.851. The first kappa shape index (κ1) is 28.9. The van der Waals surface area contributed by atoms with E-state index in [2.05, 4.69) is 18.9 Å². The Hall–Kier alpha value is -0.0700. The molecular formula is C15H34NO11P2+. The molecule has 174 valence electrons. The van der Waals surface area contributed by atoms with Gasteiger partial charge in [-0.25, -0.2) is 4.57 Å². The van der Waals surface area contributed by atoms with Crippen LogP contribution in [0.25, 0.3) is 0 Å². The lowest BCUT2D eigenvalue weighted by molar-refractivity contribution is -0.0217. The molecule has 0 aromatic carbocycles. The molecule has 0 radical (unpaired) electrons. The number of phosphoric ester groups is 1. The van der Waals surface area contributed by atoms with Gasteiger partial charge in [0.05, 0.1) is 59.5 Å². The van der Waals surface area contributed by atoms with E-state index in [1.165, 1.54) is 6.92 Å². The van der Waals surface area contributed by atoms with E-state index < -0.39 is 28.8 Å². The highest BCUT2D eigenvalue weighted by atomic mass is 31.2. The van der Waals surface area contributed by atoms with Crippen molar-refractivity contribution in [2.24, 2.45) is 0 Å². The van der Waals surface area contributed by atoms with Crippen LogP contribution < -0.4 is 5.32 Å². The van der Waals surface area contributed by atoms with E-state index in [4.69, 9.17) is 23.8 Å². The Bertz CT molecular complexity index is 444. The zero-order chi connectivity index (χ0) is 21.8. The van der Waals surface area contributed by atoms with Crippen LogP contribution in [0, 0.1) is 0 Å². The van der Waals surface area contributed by atoms with Crippen LogP contribution in [0.1, 0.15) is 13.3 Å². The second-order valence-corrected chi connectivity index (χ2v) is 7.66. The first-order chi connectivity index (χ1) is 13.9. The average Bonchev–Trinajstić information content (AvgIpc) is 2.65. The minimum atomic E-state index is -4.23. The fraction of sp³-hybridized carbons (Fsp3) is 1.00. The first-order valence-corrected chi connectivity index (χ1v) is 11.9. The standard InChI is InChI=1S/C15H33NO11P2/c1-3-25-29(19,20)26-14-15(27-28(17)18)13-24-12-11-23-10-9-22-8-7-21-6-4-5-16-2/h15-16H,3-14H2,1-2H3,(H-,17,18,19,20)/p+1. The van der Waals surface area contributed by atoms with Crippen molar-refractivity contribution >= 4 is 16.1 Å². The number of nitrogens with one attached hydrogen (secondary N) is 1. The molecular weight excluding hydrogens is 432 g/mol. The topological polar surface area (TPSA) is 151 Å². The van der Waals surface area contributed by atoms with Gasteiger partial charge in [0, 0.05) is 11.2 Å². The van der Waals surface area contributed by atoms with Gasteiger partial charge in [-0.2, -0.15) is 0 Å². The van der Waals surface area contributed by atoms with Gasteiger partial charge >= 0.3 is 16.1 Å². The Balaban J connectivity index is 3.65. The third kappa shape index (κ3) is 21.0.